The number of rotatable bonds is 6. The molecule has 0 radical (unpaired) electrons. The van der Waals surface area contributed by atoms with Crippen LogP contribution in [0.5, 0.6) is 0 Å². The number of hydrogen-bond acceptors (Lipinski definition) is 3. The number of amides is 1. The van der Waals surface area contributed by atoms with Crippen molar-refractivity contribution >= 4 is 30.7 Å². The van der Waals surface area contributed by atoms with Crippen molar-refractivity contribution in [1.29, 1.82) is 0 Å². The summed E-state index contributed by atoms with van der Waals surface area (Å²) in [5, 5.41) is 3.00. The number of pyridine rings is 1. The Morgan fingerprint density at radius 3 is 2.45 bits per heavy atom. The van der Waals surface area contributed by atoms with Gasteiger partial charge >= 0.3 is 0 Å². The molecule has 0 saturated carbocycles. The predicted molar refractivity (Wildman–Crippen MR) is 87.6 cm³/mol. The van der Waals surface area contributed by atoms with Crippen LogP contribution >= 0.6 is 24.8 Å². The zero-order valence-corrected chi connectivity index (χ0v) is 13.8. The third-order valence-corrected chi connectivity index (χ3v) is 2.96. The van der Waals surface area contributed by atoms with E-state index in [9.17, 15) is 4.79 Å². The van der Waals surface area contributed by atoms with Crippen molar-refractivity contribution in [2.45, 2.75) is 39.2 Å². The topological polar surface area (TPSA) is 68.0 Å². The first-order chi connectivity index (χ1) is 8.54. The van der Waals surface area contributed by atoms with Gasteiger partial charge in [-0.05, 0) is 30.9 Å². The van der Waals surface area contributed by atoms with Crippen molar-refractivity contribution < 1.29 is 4.79 Å². The Hall–Kier alpha value is -0.840. The van der Waals surface area contributed by atoms with Gasteiger partial charge in [-0.1, -0.05) is 19.9 Å². The van der Waals surface area contributed by atoms with Crippen LogP contribution in [0.1, 0.15) is 38.7 Å². The second-order valence-electron chi connectivity index (χ2n) is 5.08. The van der Waals surface area contributed by atoms with Crippen molar-refractivity contribution in [3.63, 3.8) is 0 Å². The van der Waals surface area contributed by atoms with E-state index in [-0.39, 0.29) is 42.7 Å². The van der Waals surface area contributed by atoms with Gasteiger partial charge in [-0.3, -0.25) is 9.78 Å². The van der Waals surface area contributed by atoms with Gasteiger partial charge in [0.1, 0.15) is 0 Å². The van der Waals surface area contributed by atoms with Crippen molar-refractivity contribution in [3.05, 3.63) is 30.1 Å². The van der Waals surface area contributed by atoms with E-state index in [4.69, 9.17) is 5.73 Å². The van der Waals surface area contributed by atoms with Crippen LogP contribution in [0.3, 0.4) is 0 Å². The summed E-state index contributed by atoms with van der Waals surface area (Å²) >= 11 is 0. The molecule has 116 valence electrons. The van der Waals surface area contributed by atoms with Gasteiger partial charge in [0.05, 0.1) is 5.92 Å². The molecule has 0 aliphatic carbocycles. The molecule has 1 rings (SSSR count). The average molecular weight is 322 g/mol. The SMILES string of the molecule is CC(C)CC(CN)NC(=O)C(C)c1cccnc1.Cl.Cl. The van der Waals surface area contributed by atoms with Crippen LogP contribution in [-0.2, 0) is 4.79 Å². The van der Waals surface area contributed by atoms with Crippen molar-refractivity contribution in [1.82, 2.24) is 10.3 Å². The summed E-state index contributed by atoms with van der Waals surface area (Å²) in [6, 6.07) is 3.81. The molecule has 2 atom stereocenters. The van der Waals surface area contributed by atoms with E-state index >= 15 is 0 Å². The first-order valence-electron chi connectivity index (χ1n) is 6.45. The van der Waals surface area contributed by atoms with E-state index < -0.39 is 0 Å². The number of nitrogens with two attached hydrogens (primary N) is 1. The molecule has 6 heteroatoms. The van der Waals surface area contributed by atoms with Gasteiger partial charge in [-0.15, -0.1) is 24.8 Å². The van der Waals surface area contributed by atoms with Crippen LogP contribution in [0.2, 0.25) is 0 Å². The third-order valence-electron chi connectivity index (χ3n) is 2.96. The quantitative estimate of drug-likeness (QED) is 0.845. The number of nitrogens with one attached hydrogen (secondary N) is 1. The largest absolute Gasteiger partial charge is 0.352 e. The second-order valence-corrected chi connectivity index (χ2v) is 5.08. The fraction of sp³-hybridized carbons (Fsp3) is 0.571. The van der Waals surface area contributed by atoms with Crippen LogP contribution in [0, 0.1) is 5.92 Å². The van der Waals surface area contributed by atoms with E-state index in [0.717, 1.165) is 12.0 Å². The highest BCUT2D eigenvalue weighted by Gasteiger charge is 2.19. The lowest BCUT2D eigenvalue weighted by Crippen LogP contribution is -2.42. The van der Waals surface area contributed by atoms with Crippen LogP contribution in [0.4, 0.5) is 0 Å². The second kappa shape index (κ2) is 10.9. The van der Waals surface area contributed by atoms with Gasteiger partial charge in [0, 0.05) is 25.0 Å². The number of hydrogen-bond donors (Lipinski definition) is 2. The maximum atomic E-state index is 12.1. The Balaban J connectivity index is 0. The zero-order valence-electron chi connectivity index (χ0n) is 12.2. The molecule has 2 unspecified atom stereocenters. The maximum absolute atomic E-state index is 12.1. The van der Waals surface area contributed by atoms with Crippen LogP contribution in [0.25, 0.3) is 0 Å². The molecule has 0 spiro atoms. The molecular formula is C14H25Cl2N3O. The molecule has 4 nitrogen and oxygen atoms in total. The Bertz CT molecular complexity index is 374. The molecule has 3 N–H and O–H groups in total. The molecule has 0 aliphatic heterocycles. The van der Waals surface area contributed by atoms with Gasteiger partial charge in [-0.25, -0.2) is 0 Å². The van der Waals surface area contributed by atoms with E-state index in [0.29, 0.717) is 12.5 Å². The normalized spacial score (nSPS) is 12.8. The number of aromatic nitrogens is 1. The van der Waals surface area contributed by atoms with Crippen LogP contribution in [0.15, 0.2) is 24.5 Å². The average Bonchev–Trinajstić information content (AvgIpc) is 2.37. The minimum absolute atomic E-state index is 0. The molecule has 0 saturated heterocycles. The zero-order chi connectivity index (χ0) is 13.5. The Morgan fingerprint density at radius 1 is 1.35 bits per heavy atom. The minimum Gasteiger partial charge on any atom is -0.352 e. The predicted octanol–water partition coefficient (Wildman–Crippen LogP) is 2.52. The molecule has 1 amide bonds. The number of nitrogens with zero attached hydrogens (tertiary/aromatic N) is 1. The molecule has 0 aromatic carbocycles. The molecule has 1 aromatic rings. The summed E-state index contributed by atoms with van der Waals surface area (Å²) in [5.74, 6) is 0.339. The summed E-state index contributed by atoms with van der Waals surface area (Å²) in [7, 11) is 0. The van der Waals surface area contributed by atoms with Crippen LogP contribution < -0.4 is 11.1 Å². The molecular weight excluding hydrogens is 297 g/mol. The molecule has 0 aliphatic rings. The van der Waals surface area contributed by atoms with E-state index in [2.05, 4.69) is 24.1 Å². The fourth-order valence-electron chi connectivity index (χ4n) is 1.89. The lowest BCUT2D eigenvalue weighted by Gasteiger charge is -2.21. The Labute approximate surface area is 133 Å². The van der Waals surface area contributed by atoms with Gasteiger partial charge < -0.3 is 11.1 Å². The standard InChI is InChI=1S/C14H23N3O.2ClH/c1-10(2)7-13(8-15)17-14(18)11(3)12-5-4-6-16-9-12;;/h4-6,9-11,13H,7-8,15H2,1-3H3,(H,17,18);2*1H. The summed E-state index contributed by atoms with van der Waals surface area (Å²) in [6.07, 6.45) is 4.34. The highest BCUT2D eigenvalue weighted by Crippen LogP contribution is 2.14. The molecule has 1 aromatic heterocycles. The molecule has 0 bridgehead atoms. The first-order valence-corrected chi connectivity index (χ1v) is 6.45. The summed E-state index contributed by atoms with van der Waals surface area (Å²) in [6.45, 7) is 6.61. The summed E-state index contributed by atoms with van der Waals surface area (Å²) < 4.78 is 0. The highest BCUT2D eigenvalue weighted by atomic mass is 35.5. The molecule has 1 heterocycles. The van der Waals surface area contributed by atoms with Crippen molar-refractivity contribution in [2.75, 3.05) is 6.54 Å². The molecule has 20 heavy (non-hydrogen) atoms. The highest BCUT2D eigenvalue weighted by molar-refractivity contribution is 5.85. The lowest BCUT2D eigenvalue weighted by atomic mass is 10.00. The minimum atomic E-state index is -0.195. The van der Waals surface area contributed by atoms with Crippen LogP contribution in [-0.4, -0.2) is 23.5 Å². The first kappa shape index (κ1) is 21.5. The van der Waals surface area contributed by atoms with E-state index in [1.807, 2.05) is 19.1 Å². The Morgan fingerprint density at radius 2 is 2.00 bits per heavy atom. The van der Waals surface area contributed by atoms with E-state index in [1.165, 1.54) is 0 Å². The van der Waals surface area contributed by atoms with Gasteiger partial charge in [0.2, 0.25) is 5.91 Å². The van der Waals surface area contributed by atoms with Gasteiger partial charge in [-0.2, -0.15) is 0 Å². The number of carbonyl (C=O) groups excluding carboxylic acids is 1. The third kappa shape index (κ3) is 7.08. The monoisotopic (exact) mass is 321 g/mol. The lowest BCUT2D eigenvalue weighted by molar-refractivity contribution is -0.122. The van der Waals surface area contributed by atoms with E-state index in [1.54, 1.807) is 12.4 Å². The smallest absolute Gasteiger partial charge is 0.227 e. The van der Waals surface area contributed by atoms with Gasteiger partial charge in [0.25, 0.3) is 0 Å². The summed E-state index contributed by atoms with van der Waals surface area (Å²) in [4.78, 5) is 16.1. The number of halogens is 2. The summed E-state index contributed by atoms with van der Waals surface area (Å²) in [5.41, 5.74) is 6.61. The number of carbonyl (C=O) groups is 1. The van der Waals surface area contributed by atoms with Crippen molar-refractivity contribution in [3.8, 4) is 0 Å². The van der Waals surface area contributed by atoms with Crippen molar-refractivity contribution in [2.24, 2.45) is 11.7 Å². The molecule has 0 fully saturated rings. The Kier molecular flexibility index (Phi) is 11.7. The fourth-order valence-corrected chi connectivity index (χ4v) is 1.89. The maximum Gasteiger partial charge on any atom is 0.227 e. The van der Waals surface area contributed by atoms with Gasteiger partial charge in [0.15, 0.2) is 0 Å².